The van der Waals surface area contributed by atoms with Crippen LogP contribution in [0.25, 0.3) is 0 Å². The number of para-hydroxylation sites is 2. The number of hydrogen-bond acceptors (Lipinski definition) is 2. The SMILES string of the molecule is CC[C@@H](C)c1ccccc1NC(=O)C[NH+]1CCN(c2ccccc2)CC1. The molecular formula is C22H30N3O+. The van der Waals surface area contributed by atoms with Crippen LogP contribution in [0.3, 0.4) is 0 Å². The van der Waals surface area contributed by atoms with Crippen molar-refractivity contribution in [3.05, 3.63) is 60.2 Å². The first-order chi connectivity index (χ1) is 12.7. The maximum Gasteiger partial charge on any atom is 0.279 e. The summed E-state index contributed by atoms with van der Waals surface area (Å²) in [6, 6.07) is 18.7. The van der Waals surface area contributed by atoms with Gasteiger partial charge in [-0.1, -0.05) is 50.2 Å². The summed E-state index contributed by atoms with van der Waals surface area (Å²) >= 11 is 0. The number of piperazine rings is 1. The van der Waals surface area contributed by atoms with Gasteiger partial charge in [-0.25, -0.2) is 0 Å². The van der Waals surface area contributed by atoms with Crippen LogP contribution in [0.5, 0.6) is 0 Å². The Balaban J connectivity index is 1.52. The van der Waals surface area contributed by atoms with Crippen molar-refractivity contribution in [3.63, 3.8) is 0 Å². The summed E-state index contributed by atoms with van der Waals surface area (Å²) in [5, 5.41) is 3.14. The number of benzene rings is 2. The largest absolute Gasteiger partial charge is 0.360 e. The standard InChI is InChI=1S/C22H29N3O/c1-3-18(2)20-11-7-8-12-21(20)23-22(26)17-24-13-15-25(16-14-24)19-9-5-4-6-10-19/h4-12,18H,3,13-17H2,1-2H3,(H,23,26)/p+1/t18-/m1/s1. The topological polar surface area (TPSA) is 36.8 Å². The van der Waals surface area contributed by atoms with Crippen molar-refractivity contribution in [3.8, 4) is 0 Å². The van der Waals surface area contributed by atoms with Crippen LogP contribution in [0.2, 0.25) is 0 Å². The molecule has 26 heavy (non-hydrogen) atoms. The molecule has 138 valence electrons. The lowest BCUT2D eigenvalue weighted by atomic mass is 9.97. The highest BCUT2D eigenvalue weighted by atomic mass is 16.2. The van der Waals surface area contributed by atoms with Crippen molar-refractivity contribution in [2.24, 2.45) is 0 Å². The molecule has 0 unspecified atom stereocenters. The fourth-order valence-electron chi connectivity index (χ4n) is 3.58. The third-order valence-corrected chi connectivity index (χ3v) is 5.38. The predicted molar refractivity (Wildman–Crippen MR) is 108 cm³/mol. The molecule has 1 atom stereocenters. The maximum absolute atomic E-state index is 12.5. The number of rotatable bonds is 6. The van der Waals surface area contributed by atoms with E-state index in [1.807, 2.05) is 24.3 Å². The van der Waals surface area contributed by atoms with Crippen LogP contribution in [0.1, 0.15) is 31.7 Å². The minimum absolute atomic E-state index is 0.115. The summed E-state index contributed by atoms with van der Waals surface area (Å²) < 4.78 is 0. The normalized spacial score (nSPS) is 16.3. The molecule has 1 amide bonds. The van der Waals surface area contributed by atoms with E-state index in [9.17, 15) is 4.79 Å². The van der Waals surface area contributed by atoms with Gasteiger partial charge in [0, 0.05) is 11.4 Å². The molecule has 0 radical (unpaired) electrons. The molecule has 0 bridgehead atoms. The molecule has 3 rings (SSSR count). The molecule has 1 aliphatic rings. The van der Waals surface area contributed by atoms with E-state index in [4.69, 9.17) is 0 Å². The molecule has 2 N–H and O–H groups in total. The Morgan fingerprint density at radius 2 is 1.73 bits per heavy atom. The molecule has 1 fully saturated rings. The number of nitrogens with zero attached hydrogens (tertiary/aromatic N) is 1. The van der Waals surface area contributed by atoms with Crippen LogP contribution in [-0.2, 0) is 4.79 Å². The van der Waals surface area contributed by atoms with Crippen molar-refractivity contribution < 1.29 is 9.69 Å². The van der Waals surface area contributed by atoms with Gasteiger partial charge in [0.05, 0.1) is 26.2 Å². The highest BCUT2D eigenvalue weighted by molar-refractivity contribution is 5.92. The Labute approximate surface area is 156 Å². The summed E-state index contributed by atoms with van der Waals surface area (Å²) in [5.74, 6) is 0.567. The van der Waals surface area contributed by atoms with Gasteiger partial charge in [-0.2, -0.15) is 0 Å². The molecule has 2 aromatic carbocycles. The second-order valence-electron chi connectivity index (χ2n) is 7.19. The average Bonchev–Trinajstić information content (AvgIpc) is 2.69. The van der Waals surface area contributed by atoms with E-state index in [1.165, 1.54) is 16.2 Å². The van der Waals surface area contributed by atoms with E-state index in [0.29, 0.717) is 12.5 Å². The Kier molecular flexibility index (Phi) is 6.29. The highest BCUT2D eigenvalue weighted by Crippen LogP contribution is 2.26. The number of amides is 1. The van der Waals surface area contributed by atoms with Gasteiger partial charge in [0.2, 0.25) is 0 Å². The van der Waals surface area contributed by atoms with Gasteiger partial charge in [0.1, 0.15) is 0 Å². The zero-order valence-electron chi connectivity index (χ0n) is 15.9. The van der Waals surface area contributed by atoms with Crippen LogP contribution in [0.4, 0.5) is 11.4 Å². The molecule has 2 aromatic rings. The minimum atomic E-state index is 0.115. The van der Waals surface area contributed by atoms with Crippen molar-refractivity contribution in [1.82, 2.24) is 0 Å². The van der Waals surface area contributed by atoms with Crippen molar-refractivity contribution >= 4 is 17.3 Å². The average molecular weight is 353 g/mol. The van der Waals surface area contributed by atoms with Gasteiger partial charge in [-0.05, 0) is 36.1 Å². The van der Waals surface area contributed by atoms with Gasteiger partial charge >= 0.3 is 0 Å². The summed E-state index contributed by atoms with van der Waals surface area (Å²) in [6.45, 7) is 8.91. The monoisotopic (exact) mass is 352 g/mol. The Morgan fingerprint density at radius 1 is 1.08 bits per heavy atom. The lowest BCUT2D eigenvalue weighted by Gasteiger charge is -2.33. The van der Waals surface area contributed by atoms with E-state index in [1.54, 1.807) is 0 Å². The van der Waals surface area contributed by atoms with Crippen molar-refractivity contribution in [2.75, 3.05) is 42.9 Å². The summed E-state index contributed by atoms with van der Waals surface area (Å²) in [7, 11) is 0. The van der Waals surface area contributed by atoms with Crippen LogP contribution in [-0.4, -0.2) is 38.6 Å². The summed E-state index contributed by atoms with van der Waals surface area (Å²) in [4.78, 5) is 16.3. The first-order valence-corrected chi connectivity index (χ1v) is 9.69. The van der Waals surface area contributed by atoms with E-state index < -0.39 is 0 Å². The number of hydrogen-bond donors (Lipinski definition) is 2. The first-order valence-electron chi connectivity index (χ1n) is 9.69. The molecule has 1 aliphatic heterocycles. The number of carbonyl (C=O) groups is 1. The lowest BCUT2D eigenvalue weighted by Crippen LogP contribution is -3.15. The van der Waals surface area contributed by atoms with Crippen LogP contribution < -0.4 is 15.1 Å². The zero-order valence-corrected chi connectivity index (χ0v) is 15.9. The van der Waals surface area contributed by atoms with Gasteiger partial charge in [-0.3, -0.25) is 4.79 Å². The highest BCUT2D eigenvalue weighted by Gasteiger charge is 2.22. The van der Waals surface area contributed by atoms with Gasteiger partial charge in [-0.15, -0.1) is 0 Å². The third kappa shape index (κ3) is 4.64. The number of nitrogens with one attached hydrogen (secondary N) is 2. The fraction of sp³-hybridized carbons (Fsp3) is 0.409. The molecule has 0 spiro atoms. The summed E-state index contributed by atoms with van der Waals surface area (Å²) in [5.41, 5.74) is 3.47. The van der Waals surface area contributed by atoms with Gasteiger partial charge in [0.25, 0.3) is 5.91 Å². The number of anilines is 2. The number of carbonyl (C=O) groups excluding carboxylic acids is 1. The molecule has 4 nitrogen and oxygen atoms in total. The zero-order chi connectivity index (χ0) is 18.4. The molecule has 1 heterocycles. The van der Waals surface area contributed by atoms with E-state index in [-0.39, 0.29) is 5.91 Å². The van der Waals surface area contributed by atoms with E-state index in [0.717, 1.165) is 38.3 Å². The predicted octanol–water partition coefficient (Wildman–Crippen LogP) is 2.54. The quantitative estimate of drug-likeness (QED) is 0.838. The van der Waals surface area contributed by atoms with E-state index >= 15 is 0 Å². The second kappa shape index (κ2) is 8.86. The lowest BCUT2D eigenvalue weighted by molar-refractivity contribution is -0.892. The molecule has 0 aromatic heterocycles. The Bertz CT molecular complexity index is 708. The maximum atomic E-state index is 12.5. The van der Waals surface area contributed by atoms with Gasteiger partial charge in [0.15, 0.2) is 6.54 Å². The minimum Gasteiger partial charge on any atom is -0.360 e. The smallest absolute Gasteiger partial charge is 0.279 e. The van der Waals surface area contributed by atoms with Crippen molar-refractivity contribution in [1.29, 1.82) is 0 Å². The summed E-state index contributed by atoms with van der Waals surface area (Å²) in [6.07, 6.45) is 1.07. The molecule has 0 saturated carbocycles. The molecular weight excluding hydrogens is 322 g/mol. The molecule has 1 saturated heterocycles. The van der Waals surface area contributed by atoms with Crippen molar-refractivity contribution in [2.45, 2.75) is 26.2 Å². The van der Waals surface area contributed by atoms with Gasteiger partial charge < -0.3 is 15.1 Å². The number of quaternary nitrogens is 1. The third-order valence-electron chi connectivity index (χ3n) is 5.38. The molecule has 4 heteroatoms. The van der Waals surface area contributed by atoms with Crippen LogP contribution in [0, 0.1) is 0 Å². The van der Waals surface area contributed by atoms with E-state index in [2.05, 4.69) is 54.4 Å². The Morgan fingerprint density at radius 3 is 2.42 bits per heavy atom. The molecule has 0 aliphatic carbocycles. The van der Waals surface area contributed by atoms with Crippen LogP contribution >= 0.6 is 0 Å². The second-order valence-corrected chi connectivity index (χ2v) is 7.19. The Hall–Kier alpha value is -2.33. The van der Waals surface area contributed by atoms with Crippen LogP contribution in [0.15, 0.2) is 54.6 Å². The first kappa shape index (κ1) is 18.5. The fourth-order valence-corrected chi connectivity index (χ4v) is 3.58.